The normalized spacial score (nSPS) is 32.4. The van der Waals surface area contributed by atoms with Crippen molar-refractivity contribution in [3.05, 3.63) is 0 Å². The van der Waals surface area contributed by atoms with Crippen LogP contribution in [0.3, 0.4) is 0 Å². The van der Waals surface area contributed by atoms with Gasteiger partial charge < -0.3 is 5.73 Å². The van der Waals surface area contributed by atoms with Gasteiger partial charge in [-0.15, -0.1) is 12.4 Å². The Labute approximate surface area is 68.3 Å². The first-order valence-electron chi connectivity index (χ1n) is 3.49. The predicted molar refractivity (Wildman–Crippen MR) is 46.7 cm³/mol. The summed E-state index contributed by atoms with van der Waals surface area (Å²) in [6.45, 7) is 5.37. The Morgan fingerprint density at radius 2 is 2.00 bits per heavy atom. The van der Waals surface area contributed by atoms with Gasteiger partial charge in [0.1, 0.15) is 0 Å². The van der Waals surface area contributed by atoms with Crippen LogP contribution in [0.1, 0.15) is 20.3 Å². The van der Waals surface area contributed by atoms with E-state index in [9.17, 15) is 0 Å². The highest BCUT2D eigenvalue weighted by molar-refractivity contribution is 5.85. The minimum atomic E-state index is 0. The number of hydrogen-bond donors (Lipinski definition) is 1. The molecule has 2 N–H and O–H groups in total. The number of hydrogen-bond acceptors (Lipinski definition) is 2. The van der Waals surface area contributed by atoms with Crippen LogP contribution in [0.2, 0.25) is 0 Å². The van der Waals surface area contributed by atoms with Gasteiger partial charge in [-0.05, 0) is 11.8 Å². The fraction of sp³-hybridized carbons (Fsp3) is 0.857. The summed E-state index contributed by atoms with van der Waals surface area (Å²) >= 11 is 0. The van der Waals surface area contributed by atoms with Crippen LogP contribution < -0.4 is 5.73 Å². The van der Waals surface area contributed by atoms with E-state index in [4.69, 9.17) is 5.73 Å². The van der Waals surface area contributed by atoms with Crippen LogP contribution in [0.15, 0.2) is 4.99 Å². The van der Waals surface area contributed by atoms with Crippen molar-refractivity contribution in [2.45, 2.75) is 20.3 Å². The summed E-state index contributed by atoms with van der Waals surface area (Å²) in [5.41, 5.74) is 5.54. The Morgan fingerprint density at radius 3 is 2.40 bits per heavy atom. The molecule has 1 aliphatic rings. The zero-order valence-electron chi connectivity index (χ0n) is 6.50. The van der Waals surface area contributed by atoms with E-state index in [1.807, 2.05) is 0 Å². The number of halogens is 1. The quantitative estimate of drug-likeness (QED) is 0.575. The molecular formula is C7H15ClN2. The second-order valence-corrected chi connectivity index (χ2v) is 2.99. The average Bonchev–Trinajstić information content (AvgIpc) is 1.80. The van der Waals surface area contributed by atoms with Gasteiger partial charge in [0.2, 0.25) is 0 Å². The van der Waals surface area contributed by atoms with Gasteiger partial charge in [-0.25, -0.2) is 0 Å². The highest BCUT2D eigenvalue weighted by atomic mass is 35.5. The predicted octanol–water partition coefficient (Wildman–Crippen LogP) is 1.44. The van der Waals surface area contributed by atoms with Crippen molar-refractivity contribution in [2.75, 3.05) is 6.54 Å². The highest BCUT2D eigenvalue weighted by Crippen LogP contribution is 2.18. The van der Waals surface area contributed by atoms with E-state index < -0.39 is 0 Å². The molecule has 0 amide bonds. The van der Waals surface area contributed by atoms with Gasteiger partial charge >= 0.3 is 0 Å². The van der Waals surface area contributed by atoms with Crippen molar-refractivity contribution >= 4 is 18.2 Å². The Morgan fingerprint density at radius 1 is 1.40 bits per heavy atom. The second-order valence-electron chi connectivity index (χ2n) is 2.99. The minimum absolute atomic E-state index is 0. The number of nitrogens with zero attached hydrogens (tertiary/aromatic N) is 1. The van der Waals surface area contributed by atoms with Crippen LogP contribution >= 0.6 is 12.4 Å². The van der Waals surface area contributed by atoms with E-state index >= 15 is 0 Å². The molecule has 3 heteroatoms. The lowest BCUT2D eigenvalue weighted by Gasteiger charge is -2.22. The molecule has 0 saturated carbocycles. The maximum Gasteiger partial charge on any atom is 0.0939 e. The molecule has 60 valence electrons. The first-order valence-corrected chi connectivity index (χ1v) is 3.49. The van der Waals surface area contributed by atoms with Crippen molar-refractivity contribution < 1.29 is 0 Å². The SMILES string of the molecule is C[C@@H]1CC(N)=NC[C@@H]1C.Cl. The fourth-order valence-electron chi connectivity index (χ4n) is 1.04. The molecule has 0 saturated heterocycles. The monoisotopic (exact) mass is 162 g/mol. The van der Waals surface area contributed by atoms with E-state index in [0.29, 0.717) is 0 Å². The standard InChI is InChI=1S/C7H14N2.ClH/c1-5-3-7(8)9-4-6(5)2;/h5-6H,3-4H2,1-2H3,(H2,8,9);1H/t5-,6+;/m1./s1. The van der Waals surface area contributed by atoms with Crippen molar-refractivity contribution in [1.29, 1.82) is 0 Å². The number of amidine groups is 1. The minimum Gasteiger partial charge on any atom is -0.387 e. The molecule has 10 heavy (non-hydrogen) atoms. The Kier molecular flexibility index (Phi) is 3.72. The van der Waals surface area contributed by atoms with E-state index in [-0.39, 0.29) is 12.4 Å². The lowest BCUT2D eigenvalue weighted by Crippen LogP contribution is -2.26. The Balaban J connectivity index is 0.000000810. The molecule has 1 aliphatic heterocycles. The van der Waals surface area contributed by atoms with Gasteiger partial charge in [-0.2, -0.15) is 0 Å². The zero-order valence-corrected chi connectivity index (χ0v) is 7.32. The maximum atomic E-state index is 5.54. The van der Waals surface area contributed by atoms with Crippen LogP contribution in [-0.2, 0) is 0 Å². The van der Waals surface area contributed by atoms with Crippen molar-refractivity contribution in [1.82, 2.24) is 0 Å². The summed E-state index contributed by atoms with van der Waals surface area (Å²) in [5, 5.41) is 0. The van der Waals surface area contributed by atoms with Gasteiger partial charge in [0.05, 0.1) is 5.84 Å². The van der Waals surface area contributed by atoms with E-state index in [0.717, 1.165) is 30.6 Å². The summed E-state index contributed by atoms with van der Waals surface area (Å²) in [6, 6.07) is 0. The number of rotatable bonds is 0. The summed E-state index contributed by atoms with van der Waals surface area (Å²) in [6.07, 6.45) is 0.987. The third-order valence-corrected chi connectivity index (χ3v) is 2.08. The Bertz CT molecular complexity index is 134. The molecule has 0 aromatic heterocycles. The molecule has 0 bridgehead atoms. The van der Waals surface area contributed by atoms with Gasteiger partial charge in [0.25, 0.3) is 0 Å². The number of aliphatic imine (C=N–C) groups is 1. The van der Waals surface area contributed by atoms with E-state index in [1.165, 1.54) is 0 Å². The van der Waals surface area contributed by atoms with Crippen molar-refractivity contribution in [2.24, 2.45) is 22.6 Å². The molecule has 0 unspecified atom stereocenters. The first-order chi connectivity index (χ1) is 4.20. The van der Waals surface area contributed by atoms with E-state index in [2.05, 4.69) is 18.8 Å². The van der Waals surface area contributed by atoms with Crippen LogP contribution in [0.25, 0.3) is 0 Å². The molecular weight excluding hydrogens is 148 g/mol. The van der Waals surface area contributed by atoms with Crippen LogP contribution in [0, 0.1) is 11.8 Å². The van der Waals surface area contributed by atoms with Crippen molar-refractivity contribution in [3.63, 3.8) is 0 Å². The number of nitrogens with two attached hydrogens (primary N) is 1. The topological polar surface area (TPSA) is 38.4 Å². The molecule has 2 atom stereocenters. The lowest BCUT2D eigenvalue weighted by molar-refractivity contribution is 0.391. The molecule has 2 nitrogen and oxygen atoms in total. The van der Waals surface area contributed by atoms with E-state index in [1.54, 1.807) is 0 Å². The Hall–Kier alpha value is -0.240. The van der Waals surface area contributed by atoms with Crippen LogP contribution in [-0.4, -0.2) is 12.4 Å². The molecule has 0 aromatic rings. The molecule has 0 aliphatic carbocycles. The van der Waals surface area contributed by atoms with Gasteiger partial charge in [0, 0.05) is 13.0 Å². The van der Waals surface area contributed by atoms with Gasteiger partial charge in [-0.3, -0.25) is 4.99 Å². The molecule has 1 heterocycles. The summed E-state index contributed by atoms with van der Waals surface area (Å²) in [4.78, 5) is 4.16. The smallest absolute Gasteiger partial charge is 0.0939 e. The highest BCUT2D eigenvalue weighted by Gasteiger charge is 2.16. The molecule has 0 fully saturated rings. The third-order valence-electron chi connectivity index (χ3n) is 2.08. The molecule has 0 spiro atoms. The lowest BCUT2D eigenvalue weighted by atomic mass is 9.90. The molecule has 0 radical (unpaired) electrons. The maximum absolute atomic E-state index is 5.54. The summed E-state index contributed by atoms with van der Waals surface area (Å²) in [5.74, 6) is 2.28. The average molecular weight is 163 g/mol. The zero-order chi connectivity index (χ0) is 6.85. The fourth-order valence-corrected chi connectivity index (χ4v) is 1.04. The first kappa shape index (κ1) is 9.76. The molecule has 0 aromatic carbocycles. The van der Waals surface area contributed by atoms with Gasteiger partial charge in [0.15, 0.2) is 0 Å². The summed E-state index contributed by atoms with van der Waals surface area (Å²) in [7, 11) is 0. The summed E-state index contributed by atoms with van der Waals surface area (Å²) < 4.78 is 0. The van der Waals surface area contributed by atoms with Crippen molar-refractivity contribution in [3.8, 4) is 0 Å². The third kappa shape index (κ3) is 2.18. The largest absolute Gasteiger partial charge is 0.387 e. The van der Waals surface area contributed by atoms with Crippen LogP contribution in [0.5, 0.6) is 0 Å². The second kappa shape index (κ2) is 3.81. The molecule has 1 rings (SSSR count). The van der Waals surface area contributed by atoms with Gasteiger partial charge in [-0.1, -0.05) is 13.8 Å². The van der Waals surface area contributed by atoms with Crippen LogP contribution in [0.4, 0.5) is 0 Å².